The van der Waals surface area contributed by atoms with E-state index < -0.39 is 6.10 Å². The van der Waals surface area contributed by atoms with Crippen LogP contribution in [0.25, 0.3) is 0 Å². The van der Waals surface area contributed by atoms with Crippen molar-refractivity contribution in [2.24, 2.45) is 5.92 Å². The standard InChI is InChI=1S/C25H31FN2O3/c26-24-6-5-20(14-22(24)13-18-8-11-31-12-9-18)25(30)27-15-23(29)17-28-10-7-19-3-1-2-4-21(19)16-28/h1-6,14,18,23,29H,7-13,15-17H2,(H,27,30). The van der Waals surface area contributed by atoms with E-state index in [1.807, 2.05) is 6.07 Å². The molecule has 2 aliphatic rings. The van der Waals surface area contributed by atoms with Crippen molar-refractivity contribution in [2.75, 3.05) is 32.8 Å². The molecule has 0 bridgehead atoms. The normalized spacial score (nSPS) is 18.4. The van der Waals surface area contributed by atoms with Crippen LogP contribution in [0.15, 0.2) is 42.5 Å². The van der Waals surface area contributed by atoms with Gasteiger partial charge in [0.1, 0.15) is 5.82 Å². The van der Waals surface area contributed by atoms with E-state index in [4.69, 9.17) is 4.74 Å². The minimum Gasteiger partial charge on any atom is -0.390 e. The number of fused-ring (bicyclic) bond motifs is 1. The van der Waals surface area contributed by atoms with Gasteiger partial charge in [-0.3, -0.25) is 9.69 Å². The van der Waals surface area contributed by atoms with Gasteiger partial charge in [-0.15, -0.1) is 0 Å². The predicted octanol–water partition coefficient (Wildman–Crippen LogP) is 2.94. The van der Waals surface area contributed by atoms with Gasteiger partial charge in [-0.2, -0.15) is 0 Å². The van der Waals surface area contributed by atoms with Crippen LogP contribution in [-0.4, -0.2) is 54.9 Å². The molecule has 2 aromatic rings. The lowest BCUT2D eigenvalue weighted by Crippen LogP contribution is -2.42. The van der Waals surface area contributed by atoms with Crippen LogP contribution in [0.5, 0.6) is 0 Å². The number of rotatable bonds is 7. The Balaban J connectivity index is 1.28. The summed E-state index contributed by atoms with van der Waals surface area (Å²) < 4.78 is 19.6. The summed E-state index contributed by atoms with van der Waals surface area (Å²) in [4.78, 5) is 14.8. The van der Waals surface area contributed by atoms with Crippen molar-refractivity contribution in [3.63, 3.8) is 0 Å². The zero-order chi connectivity index (χ0) is 21.6. The van der Waals surface area contributed by atoms with Crippen molar-refractivity contribution in [2.45, 2.75) is 38.3 Å². The van der Waals surface area contributed by atoms with E-state index in [9.17, 15) is 14.3 Å². The van der Waals surface area contributed by atoms with Gasteiger partial charge in [0, 0.05) is 45.0 Å². The predicted molar refractivity (Wildman–Crippen MR) is 117 cm³/mol. The van der Waals surface area contributed by atoms with Gasteiger partial charge >= 0.3 is 0 Å². The van der Waals surface area contributed by atoms with Crippen LogP contribution in [0.4, 0.5) is 4.39 Å². The van der Waals surface area contributed by atoms with Crippen molar-refractivity contribution in [3.05, 3.63) is 70.5 Å². The van der Waals surface area contributed by atoms with Crippen molar-refractivity contribution < 1.29 is 19.0 Å². The molecule has 1 fully saturated rings. The van der Waals surface area contributed by atoms with Gasteiger partial charge in [-0.25, -0.2) is 4.39 Å². The molecular weight excluding hydrogens is 395 g/mol. The summed E-state index contributed by atoms with van der Waals surface area (Å²) in [5.74, 6) is -0.164. The van der Waals surface area contributed by atoms with E-state index in [1.54, 1.807) is 6.07 Å². The monoisotopic (exact) mass is 426 g/mol. The Bertz CT molecular complexity index is 898. The highest BCUT2D eigenvalue weighted by Gasteiger charge is 2.20. The van der Waals surface area contributed by atoms with Crippen LogP contribution in [0.1, 0.15) is 39.9 Å². The maximum atomic E-state index is 14.3. The Hall–Kier alpha value is -2.28. The minimum atomic E-state index is -0.656. The molecular formula is C25H31FN2O3. The molecule has 1 atom stereocenters. The number of nitrogens with one attached hydrogen (secondary N) is 1. The molecule has 166 valence electrons. The lowest BCUT2D eigenvalue weighted by atomic mass is 9.91. The molecule has 5 nitrogen and oxygen atoms in total. The third kappa shape index (κ3) is 5.91. The third-order valence-electron chi connectivity index (χ3n) is 6.33. The number of aliphatic hydroxyl groups is 1. The quantitative estimate of drug-likeness (QED) is 0.715. The molecule has 4 rings (SSSR count). The number of aliphatic hydroxyl groups excluding tert-OH is 1. The first-order chi connectivity index (χ1) is 15.1. The first kappa shape index (κ1) is 21.9. The number of β-amino-alcohol motifs (C(OH)–C–C–N with tert-alkyl or cyclic N) is 1. The number of amides is 1. The molecule has 0 spiro atoms. The van der Waals surface area contributed by atoms with Gasteiger partial charge in [-0.05, 0) is 66.5 Å². The number of carbonyl (C=O) groups is 1. The van der Waals surface area contributed by atoms with Gasteiger partial charge in [0.25, 0.3) is 5.91 Å². The van der Waals surface area contributed by atoms with Gasteiger partial charge < -0.3 is 15.2 Å². The Morgan fingerprint density at radius 3 is 2.77 bits per heavy atom. The average molecular weight is 427 g/mol. The zero-order valence-corrected chi connectivity index (χ0v) is 17.9. The van der Waals surface area contributed by atoms with E-state index >= 15 is 0 Å². The fraction of sp³-hybridized carbons (Fsp3) is 0.480. The van der Waals surface area contributed by atoms with Gasteiger partial charge in [-0.1, -0.05) is 24.3 Å². The molecule has 1 saturated heterocycles. The van der Waals surface area contributed by atoms with Crippen LogP contribution >= 0.6 is 0 Å². The topological polar surface area (TPSA) is 61.8 Å². The molecule has 2 heterocycles. The minimum absolute atomic E-state index is 0.170. The molecule has 1 unspecified atom stereocenters. The summed E-state index contributed by atoms with van der Waals surface area (Å²) in [5, 5.41) is 13.2. The van der Waals surface area contributed by atoms with E-state index in [-0.39, 0.29) is 18.3 Å². The fourth-order valence-electron chi connectivity index (χ4n) is 4.52. The average Bonchev–Trinajstić information content (AvgIpc) is 2.79. The highest BCUT2D eigenvalue weighted by molar-refractivity contribution is 5.94. The van der Waals surface area contributed by atoms with Gasteiger partial charge in [0.2, 0.25) is 0 Å². The SMILES string of the molecule is O=C(NCC(O)CN1CCc2ccccc2C1)c1ccc(F)c(CC2CCOCC2)c1. The second kappa shape index (κ2) is 10.4. The Kier molecular flexibility index (Phi) is 7.33. The highest BCUT2D eigenvalue weighted by Crippen LogP contribution is 2.23. The van der Waals surface area contributed by atoms with Gasteiger partial charge in [0.05, 0.1) is 6.10 Å². The number of halogens is 1. The molecule has 0 radical (unpaired) electrons. The molecule has 6 heteroatoms. The summed E-state index contributed by atoms with van der Waals surface area (Å²) in [6.45, 7) is 3.82. The van der Waals surface area contributed by atoms with E-state index in [1.165, 1.54) is 23.3 Å². The number of hydrogen-bond donors (Lipinski definition) is 2. The zero-order valence-electron chi connectivity index (χ0n) is 17.9. The summed E-state index contributed by atoms with van der Waals surface area (Å²) in [7, 11) is 0. The summed E-state index contributed by atoms with van der Waals surface area (Å²) >= 11 is 0. The number of hydrogen-bond acceptors (Lipinski definition) is 4. The molecule has 0 aromatic heterocycles. The van der Waals surface area contributed by atoms with Crippen molar-refractivity contribution in [1.29, 1.82) is 0 Å². The smallest absolute Gasteiger partial charge is 0.251 e. The second-order valence-electron chi connectivity index (χ2n) is 8.68. The Morgan fingerprint density at radius 1 is 1.19 bits per heavy atom. The van der Waals surface area contributed by atoms with E-state index in [0.717, 1.165) is 32.4 Å². The lowest BCUT2D eigenvalue weighted by molar-refractivity contribution is 0.0662. The van der Waals surface area contributed by atoms with Gasteiger partial charge in [0.15, 0.2) is 0 Å². The van der Waals surface area contributed by atoms with Crippen LogP contribution in [0, 0.1) is 11.7 Å². The summed E-state index contributed by atoms with van der Waals surface area (Å²) in [6.07, 6.45) is 2.78. The van der Waals surface area contributed by atoms with E-state index in [2.05, 4.69) is 28.4 Å². The van der Waals surface area contributed by atoms with Crippen LogP contribution in [0.2, 0.25) is 0 Å². The maximum absolute atomic E-state index is 14.3. The molecule has 0 saturated carbocycles. The third-order valence-corrected chi connectivity index (χ3v) is 6.33. The number of carbonyl (C=O) groups excluding carboxylic acids is 1. The van der Waals surface area contributed by atoms with Crippen molar-refractivity contribution in [1.82, 2.24) is 10.2 Å². The molecule has 2 aromatic carbocycles. The van der Waals surface area contributed by atoms with E-state index in [0.29, 0.717) is 43.2 Å². The fourth-order valence-corrected chi connectivity index (χ4v) is 4.52. The number of benzene rings is 2. The molecule has 2 aliphatic heterocycles. The Labute approximate surface area is 183 Å². The van der Waals surface area contributed by atoms with Crippen LogP contribution in [0.3, 0.4) is 0 Å². The largest absolute Gasteiger partial charge is 0.390 e. The highest BCUT2D eigenvalue weighted by atomic mass is 19.1. The van der Waals surface area contributed by atoms with Crippen LogP contribution < -0.4 is 5.32 Å². The molecule has 2 N–H and O–H groups in total. The molecule has 1 amide bonds. The lowest BCUT2D eigenvalue weighted by Gasteiger charge is -2.30. The summed E-state index contributed by atoms with van der Waals surface area (Å²) in [6, 6.07) is 12.9. The number of ether oxygens (including phenoxy) is 1. The van der Waals surface area contributed by atoms with Crippen LogP contribution in [-0.2, 0) is 24.1 Å². The molecule has 0 aliphatic carbocycles. The first-order valence-corrected chi connectivity index (χ1v) is 11.2. The Morgan fingerprint density at radius 2 is 1.97 bits per heavy atom. The molecule has 31 heavy (non-hydrogen) atoms. The summed E-state index contributed by atoms with van der Waals surface area (Å²) in [5.41, 5.74) is 3.68. The first-order valence-electron chi connectivity index (χ1n) is 11.2. The number of nitrogens with zero attached hydrogens (tertiary/aromatic N) is 1. The van der Waals surface area contributed by atoms with Crippen molar-refractivity contribution >= 4 is 5.91 Å². The van der Waals surface area contributed by atoms with Crippen molar-refractivity contribution in [3.8, 4) is 0 Å². The maximum Gasteiger partial charge on any atom is 0.251 e. The second-order valence-corrected chi connectivity index (χ2v) is 8.68.